The van der Waals surface area contributed by atoms with Crippen LogP contribution in [0.5, 0.6) is 0 Å². The molecule has 12 heavy (non-hydrogen) atoms. The number of hydrogen-bond donors (Lipinski definition) is 0. The molecule has 0 atom stereocenters. The van der Waals surface area contributed by atoms with Crippen LogP contribution in [0.3, 0.4) is 0 Å². The van der Waals surface area contributed by atoms with Gasteiger partial charge >= 0.3 is 0 Å². The zero-order valence-corrected chi connectivity index (χ0v) is 9.87. The number of halogens is 3. The van der Waals surface area contributed by atoms with Crippen LogP contribution in [0.25, 0.3) is 0 Å². The summed E-state index contributed by atoms with van der Waals surface area (Å²) < 4.78 is 0.909. The van der Waals surface area contributed by atoms with Crippen molar-refractivity contribution in [2.45, 2.75) is 6.92 Å². The summed E-state index contributed by atoms with van der Waals surface area (Å²) in [6, 6.07) is 3.51. The SMILES string of the molecule is Cc1c(Cl)cc(I)cc1C(=O)Cl. The van der Waals surface area contributed by atoms with E-state index >= 15 is 0 Å². The van der Waals surface area contributed by atoms with Crippen LogP contribution >= 0.6 is 45.8 Å². The maximum Gasteiger partial charge on any atom is 0.252 e. The fourth-order valence-corrected chi connectivity index (χ4v) is 2.07. The molecule has 0 heterocycles. The Morgan fingerprint density at radius 2 is 2.08 bits per heavy atom. The van der Waals surface area contributed by atoms with Crippen LogP contribution < -0.4 is 0 Å². The summed E-state index contributed by atoms with van der Waals surface area (Å²) >= 11 is 13.3. The number of benzene rings is 1. The molecule has 0 unspecified atom stereocenters. The lowest BCUT2D eigenvalue weighted by molar-refractivity contribution is 0.108. The van der Waals surface area contributed by atoms with Gasteiger partial charge in [0.2, 0.25) is 0 Å². The highest BCUT2D eigenvalue weighted by molar-refractivity contribution is 14.1. The maximum atomic E-state index is 10.9. The van der Waals surface area contributed by atoms with E-state index in [1.165, 1.54) is 0 Å². The summed E-state index contributed by atoms with van der Waals surface area (Å²) in [6.45, 7) is 1.77. The summed E-state index contributed by atoms with van der Waals surface area (Å²) in [5.74, 6) is 0. The zero-order valence-electron chi connectivity index (χ0n) is 6.20. The molecule has 0 aliphatic heterocycles. The van der Waals surface area contributed by atoms with Crippen molar-refractivity contribution < 1.29 is 4.79 Å². The van der Waals surface area contributed by atoms with Gasteiger partial charge in [0.15, 0.2) is 0 Å². The van der Waals surface area contributed by atoms with Crippen LogP contribution in [0.4, 0.5) is 0 Å². The normalized spacial score (nSPS) is 10.0. The van der Waals surface area contributed by atoms with E-state index in [2.05, 4.69) is 22.6 Å². The lowest BCUT2D eigenvalue weighted by Crippen LogP contribution is -1.94. The van der Waals surface area contributed by atoms with Crippen molar-refractivity contribution in [2.24, 2.45) is 0 Å². The van der Waals surface area contributed by atoms with Gasteiger partial charge in [-0.05, 0) is 58.8 Å². The molecule has 4 heteroatoms. The highest BCUT2D eigenvalue weighted by atomic mass is 127. The van der Waals surface area contributed by atoms with Gasteiger partial charge in [-0.1, -0.05) is 11.6 Å². The van der Waals surface area contributed by atoms with Gasteiger partial charge in [-0.15, -0.1) is 0 Å². The average molecular weight is 315 g/mol. The van der Waals surface area contributed by atoms with E-state index in [1.807, 2.05) is 0 Å². The minimum atomic E-state index is -0.465. The predicted octanol–water partition coefficient (Wildman–Crippen LogP) is 3.63. The third-order valence-electron chi connectivity index (χ3n) is 1.52. The van der Waals surface area contributed by atoms with Gasteiger partial charge in [-0.3, -0.25) is 4.79 Å². The van der Waals surface area contributed by atoms with Crippen LogP contribution in [0.1, 0.15) is 15.9 Å². The number of carbonyl (C=O) groups is 1. The Hall–Kier alpha value is 0.200. The highest BCUT2D eigenvalue weighted by Gasteiger charge is 2.09. The van der Waals surface area contributed by atoms with Gasteiger partial charge in [0.05, 0.1) is 0 Å². The Kier molecular flexibility index (Phi) is 3.37. The third kappa shape index (κ3) is 2.12. The molecule has 0 aromatic heterocycles. The maximum absolute atomic E-state index is 10.9. The van der Waals surface area contributed by atoms with Crippen molar-refractivity contribution in [3.8, 4) is 0 Å². The second kappa shape index (κ2) is 3.94. The molecule has 0 saturated heterocycles. The first kappa shape index (κ1) is 10.3. The van der Waals surface area contributed by atoms with Crippen molar-refractivity contribution in [3.63, 3.8) is 0 Å². The molecule has 64 valence electrons. The molecule has 0 aliphatic rings. The van der Waals surface area contributed by atoms with E-state index in [-0.39, 0.29) is 0 Å². The van der Waals surface area contributed by atoms with E-state index in [4.69, 9.17) is 23.2 Å². The van der Waals surface area contributed by atoms with E-state index in [1.54, 1.807) is 19.1 Å². The van der Waals surface area contributed by atoms with Gasteiger partial charge in [-0.2, -0.15) is 0 Å². The highest BCUT2D eigenvalue weighted by Crippen LogP contribution is 2.23. The van der Waals surface area contributed by atoms with Crippen molar-refractivity contribution in [3.05, 3.63) is 31.9 Å². The molecule has 1 rings (SSSR count). The lowest BCUT2D eigenvalue weighted by atomic mass is 10.1. The third-order valence-corrected chi connectivity index (χ3v) is 2.74. The number of rotatable bonds is 1. The molecule has 1 aromatic rings. The summed E-state index contributed by atoms with van der Waals surface area (Å²) in [6.07, 6.45) is 0. The molecule has 0 radical (unpaired) electrons. The van der Waals surface area contributed by atoms with E-state index in [0.717, 1.165) is 9.13 Å². The Morgan fingerprint density at radius 3 is 2.58 bits per heavy atom. The Labute approximate surface area is 94.2 Å². The van der Waals surface area contributed by atoms with E-state index < -0.39 is 5.24 Å². The van der Waals surface area contributed by atoms with Gasteiger partial charge < -0.3 is 0 Å². The minimum Gasteiger partial charge on any atom is -0.276 e. The molecule has 0 spiro atoms. The molecule has 0 bridgehead atoms. The van der Waals surface area contributed by atoms with Crippen molar-refractivity contribution in [1.29, 1.82) is 0 Å². The Bertz CT molecular complexity index is 336. The van der Waals surface area contributed by atoms with Crippen LogP contribution in [-0.4, -0.2) is 5.24 Å². The van der Waals surface area contributed by atoms with Gasteiger partial charge in [0, 0.05) is 14.2 Å². The zero-order chi connectivity index (χ0) is 9.30. The molecule has 0 saturated carbocycles. The molecule has 0 aliphatic carbocycles. The fraction of sp³-hybridized carbons (Fsp3) is 0.125. The topological polar surface area (TPSA) is 17.1 Å². The lowest BCUT2D eigenvalue weighted by Gasteiger charge is -2.03. The van der Waals surface area contributed by atoms with Crippen molar-refractivity contribution >= 4 is 51.0 Å². The van der Waals surface area contributed by atoms with Crippen molar-refractivity contribution in [2.75, 3.05) is 0 Å². The average Bonchev–Trinajstić information content (AvgIpc) is 1.96. The van der Waals surface area contributed by atoms with Gasteiger partial charge in [0.25, 0.3) is 5.24 Å². The van der Waals surface area contributed by atoms with E-state index in [9.17, 15) is 4.79 Å². The second-order valence-corrected chi connectivity index (χ2v) is 4.33. The first-order chi connectivity index (χ1) is 5.52. The summed E-state index contributed by atoms with van der Waals surface area (Å²) in [5.41, 5.74) is 1.21. The van der Waals surface area contributed by atoms with Crippen LogP contribution in [0, 0.1) is 10.5 Å². The smallest absolute Gasteiger partial charge is 0.252 e. The molecule has 1 aromatic carbocycles. The van der Waals surface area contributed by atoms with Crippen LogP contribution in [0.2, 0.25) is 5.02 Å². The number of carbonyl (C=O) groups excluding carboxylic acids is 1. The number of hydrogen-bond acceptors (Lipinski definition) is 1. The monoisotopic (exact) mass is 314 g/mol. The molecule has 1 nitrogen and oxygen atoms in total. The van der Waals surface area contributed by atoms with Gasteiger partial charge in [0.1, 0.15) is 0 Å². The minimum absolute atomic E-state index is 0.465. The van der Waals surface area contributed by atoms with E-state index in [0.29, 0.717) is 10.6 Å². The summed E-state index contributed by atoms with van der Waals surface area (Å²) in [7, 11) is 0. The molecule has 0 N–H and O–H groups in total. The van der Waals surface area contributed by atoms with Crippen LogP contribution in [-0.2, 0) is 0 Å². The summed E-state index contributed by atoms with van der Waals surface area (Å²) in [5, 5.41) is 0.110. The quantitative estimate of drug-likeness (QED) is 0.571. The largest absolute Gasteiger partial charge is 0.276 e. The first-order valence-corrected chi connectivity index (χ1v) is 5.01. The van der Waals surface area contributed by atoms with Crippen molar-refractivity contribution in [1.82, 2.24) is 0 Å². The predicted molar refractivity (Wildman–Crippen MR) is 59.1 cm³/mol. The Morgan fingerprint density at radius 1 is 1.50 bits per heavy atom. The molecular formula is C8H5Cl2IO. The molecular weight excluding hydrogens is 310 g/mol. The molecule has 0 fully saturated rings. The Balaban J connectivity index is 3.37. The molecule has 0 amide bonds. The standard InChI is InChI=1S/C8H5Cl2IO/c1-4-6(8(10)12)2-5(11)3-7(4)9/h2-3H,1H3. The fourth-order valence-electron chi connectivity index (χ4n) is 0.850. The second-order valence-electron chi connectivity index (χ2n) is 2.33. The first-order valence-electron chi connectivity index (χ1n) is 3.18. The van der Waals surface area contributed by atoms with Crippen LogP contribution in [0.15, 0.2) is 12.1 Å². The van der Waals surface area contributed by atoms with Gasteiger partial charge in [-0.25, -0.2) is 0 Å². The summed E-state index contributed by atoms with van der Waals surface area (Å²) in [4.78, 5) is 10.9.